The summed E-state index contributed by atoms with van der Waals surface area (Å²) in [5, 5.41) is 7.57. The number of piperidine rings is 1. The SMILES string of the molecule is Cc1cc(NCC2CC2(F)F)cc2nc(CSC3CCNCC3)[nH]c(=O)c12. The van der Waals surface area contributed by atoms with E-state index in [0.29, 0.717) is 27.7 Å². The molecule has 0 spiro atoms. The van der Waals surface area contributed by atoms with Crippen LogP contribution in [-0.4, -0.2) is 40.8 Å². The molecule has 0 radical (unpaired) electrons. The van der Waals surface area contributed by atoms with Crippen LogP contribution in [0.25, 0.3) is 10.9 Å². The summed E-state index contributed by atoms with van der Waals surface area (Å²) in [6.07, 6.45) is 2.20. The first-order chi connectivity index (χ1) is 12.9. The van der Waals surface area contributed by atoms with Crippen LogP contribution in [0.2, 0.25) is 0 Å². The fourth-order valence-electron chi connectivity index (χ4n) is 3.58. The first-order valence-electron chi connectivity index (χ1n) is 9.40. The minimum absolute atomic E-state index is 0.0530. The van der Waals surface area contributed by atoms with E-state index >= 15 is 0 Å². The highest BCUT2D eigenvalue weighted by atomic mass is 32.2. The number of thioether (sulfide) groups is 1. The van der Waals surface area contributed by atoms with Crippen LogP contribution >= 0.6 is 11.8 Å². The monoisotopic (exact) mass is 394 g/mol. The van der Waals surface area contributed by atoms with E-state index in [0.717, 1.165) is 37.2 Å². The van der Waals surface area contributed by atoms with E-state index < -0.39 is 11.8 Å². The van der Waals surface area contributed by atoms with E-state index in [2.05, 4.69) is 20.6 Å². The van der Waals surface area contributed by atoms with Crippen molar-refractivity contribution in [3.05, 3.63) is 33.9 Å². The summed E-state index contributed by atoms with van der Waals surface area (Å²) in [6, 6.07) is 3.61. The second-order valence-corrected chi connectivity index (χ2v) is 8.79. The molecule has 1 saturated heterocycles. The predicted molar refractivity (Wildman–Crippen MR) is 106 cm³/mol. The number of H-pyrrole nitrogens is 1. The van der Waals surface area contributed by atoms with Crippen molar-refractivity contribution < 1.29 is 8.78 Å². The third-order valence-corrected chi connectivity index (χ3v) is 6.69. The third-order valence-electron chi connectivity index (χ3n) is 5.31. The van der Waals surface area contributed by atoms with Crippen LogP contribution < -0.4 is 16.2 Å². The number of fused-ring (bicyclic) bond motifs is 1. The molecule has 1 aliphatic carbocycles. The molecule has 2 fully saturated rings. The Kier molecular flexibility index (Phi) is 5.11. The van der Waals surface area contributed by atoms with Gasteiger partial charge in [-0.15, -0.1) is 0 Å². The number of aryl methyl sites for hydroxylation is 1. The van der Waals surface area contributed by atoms with Crippen molar-refractivity contribution in [3.8, 4) is 0 Å². The Labute approximate surface area is 160 Å². The van der Waals surface area contributed by atoms with Gasteiger partial charge < -0.3 is 15.6 Å². The number of hydrogen-bond donors (Lipinski definition) is 3. The maximum Gasteiger partial charge on any atom is 0.259 e. The van der Waals surface area contributed by atoms with Gasteiger partial charge in [0, 0.05) is 29.8 Å². The maximum atomic E-state index is 13.1. The quantitative estimate of drug-likeness (QED) is 0.702. The van der Waals surface area contributed by atoms with Gasteiger partial charge in [-0.05, 0) is 50.6 Å². The van der Waals surface area contributed by atoms with Crippen LogP contribution in [-0.2, 0) is 5.75 Å². The van der Waals surface area contributed by atoms with Gasteiger partial charge in [0.05, 0.1) is 16.7 Å². The Morgan fingerprint density at radius 3 is 2.78 bits per heavy atom. The van der Waals surface area contributed by atoms with E-state index in [4.69, 9.17) is 0 Å². The summed E-state index contributed by atoms with van der Waals surface area (Å²) in [4.78, 5) is 20.0. The molecule has 2 aromatic rings. The van der Waals surface area contributed by atoms with Crippen molar-refractivity contribution in [1.29, 1.82) is 0 Å². The first-order valence-corrected chi connectivity index (χ1v) is 10.4. The number of halogens is 2. The zero-order chi connectivity index (χ0) is 19.0. The Hall–Kier alpha value is -1.67. The highest BCUT2D eigenvalue weighted by Gasteiger charge is 2.56. The lowest BCUT2D eigenvalue weighted by atomic mass is 10.1. The number of nitrogens with one attached hydrogen (secondary N) is 3. The molecule has 0 amide bonds. The van der Waals surface area contributed by atoms with Crippen LogP contribution in [0.4, 0.5) is 14.5 Å². The van der Waals surface area contributed by atoms with Crippen LogP contribution in [0.15, 0.2) is 16.9 Å². The first kappa shape index (κ1) is 18.7. The maximum absolute atomic E-state index is 13.1. The number of nitrogens with zero attached hydrogens (tertiary/aromatic N) is 1. The Morgan fingerprint density at radius 2 is 2.07 bits per heavy atom. The zero-order valence-electron chi connectivity index (χ0n) is 15.3. The number of hydrogen-bond acceptors (Lipinski definition) is 5. The topological polar surface area (TPSA) is 69.8 Å². The van der Waals surface area contributed by atoms with Crippen molar-refractivity contribution in [2.24, 2.45) is 5.92 Å². The molecular formula is C19H24F2N4OS. The van der Waals surface area contributed by atoms with Gasteiger partial charge in [0.15, 0.2) is 0 Å². The Morgan fingerprint density at radius 1 is 1.33 bits per heavy atom. The molecule has 1 atom stereocenters. The van der Waals surface area contributed by atoms with Crippen LogP contribution in [0.3, 0.4) is 0 Å². The average Bonchev–Trinajstić information content (AvgIpc) is 3.25. The lowest BCUT2D eigenvalue weighted by Crippen LogP contribution is -2.29. The average molecular weight is 394 g/mol. The van der Waals surface area contributed by atoms with Crippen LogP contribution in [0.5, 0.6) is 0 Å². The predicted octanol–water partition coefficient (Wildman–Crippen LogP) is 3.28. The van der Waals surface area contributed by atoms with Gasteiger partial charge in [-0.25, -0.2) is 13.8 Å². The lowest BCUT2D eigenvalue weighted by molar-refractivity contribution is 0.101. The number of benzene rings is 1. The molecule has 3 N–H and O–H groups in total. The second-order valence-electron chi connectivity index (χ2n) is 7.50. The summed E-state index contributed by atoms with van der Waals surface area (Å²) in [6.45, 7) is 4.15. The molecule has 27 heavy (non-hydrogen) atoms. The molecule has 1 unspecified atom stereocenters. The van der Waals surface area contributed by atoms with E-state index in [1.165, 1.54) is 0 Å². The molecule has 146 valence electrons. The fourth-order valence-corrected chi connectivity index (χ4v) is 4.68. The molecule has 5 nitrogen and oxygen atoms in total. The zero-order valence-corrected chi connectivity index (χ0v) is 16.1. The number of aromatic amines is 1. The molecule has 2 aliphatic rings. The van der Waals surface area contributed by atoms with Crippen molar-refractivity contribution in [1.82, 2.24) is 15.3 Å². The summed E-state index contributed by atoms with van der Waals surface area (Å²) in [7, 11) is 0. The normalized spacial score (nSPS) is 22.1. The standard InChI is InChI=1S/C19H24F2N4OS/c1-11-6-13(23-9-12-8-19(12,20)21)7-15-17(11)18(26)25-16(24-15)10-27-14-2-4-22-5-3-14/h6-7,12,14,22-23H,2-5,8-10H2,1H3,(H,24,25,26). The molecule has 0 bridgehead atoms. The molecule has 8 heteroatoms. The van der Waals surface area contributed by atoms with Gasteiger partial charge in [-0.1, -0.05) is 0 Å². The molecular weight excluding hydrogens is 370 g/mol. The molecule has 2 heterocycles. The summed E-state index contributed by atoms with van der Waals surface area (Å²) in [5.74, 6) is -1.80. The summed E-state index contributed by atoms with van der Waals surface area (Å²) < 4.78 is 26.1. The van der Waals surface area contributed by atoms with Gasteiger partial charge in [0.1, 0.15) is 5.82 Å². The molecule has 1 aromatic heterocycles. The molecule has 4 rings (SSSR count). The van der Waals surface area contributed by atoms with Crippen molar-refractivity contribution in [2.45, 2.75) is 43.1 Å². The summed E-state index contributed by atoms with van der Waals surface area (Å²) in [5.41, 5.74) is 2.00. The third kappa shape index (κ3) is 4.27. The van der Waals surface area contributed by atoms with E-state index in [9.17, 15) is 13.6 Å². The van der Waals surface area contributed by atoms with Crippen LogP contribution in [0.1, 0.15) is 30.7 Å². The van der Waals surface area contributed by atoms with Crippen molar-refractivity contribution in [3.63, 3.8) is 0 Å². The van der Waals surface area contributed by atoms with Crippen molar-refractivity contribution >= 4 is 28.4 Å². The minimum atomic E-state index is -2.53. The van der Waals surface area contributed by atoms with E-state index in [1.54, 1.807) is 6.07 Å². The molecule has 1 aliphatic heterocycles. The van der Waals surface area contributed by atoms with Gasteiger partial charge >= 0.3 is 0 Å². The Balaban J connectivity index is 1.51. The van der Waals surface area contributed by atoms with Crippen LogP contribution in [0, 0.1) is 12.8 Å². The van der Waals surface area contributed by atoms with Gasteiger partial charge in [-0.2, -0.15) is 11.8 Å². The van der Waals surface area contributed by atoms with Gasteiger partial charge in [0.25, 0.3) is 11.5 Å². The van der Waals surface area contributed by atoms with Gasteiger partial charge in [0.2, 0.25) is 0 Å². The highest BCUT2D eigenvalue weighted by Crippen LogP contribution is 2.48. The number of anilines is 1. The van der Waals surface area contributed by atoms with Crippen molar-refractivity contribution in [2.75, 3.05) is 25.0 Å². The fraction of sp³-hybridized carbons (Fsp3) is 0.579. The largest absolute Gasteiger partial charge is 0.384 e. The van der Waals surface area contributed by atoms with Gasteiger partial charge in [-0.3, -0.25) is 4.79 Å². The Bertz CT molecular complexity index is 895. The second kappa shape index (κ2) is 7.39. The number of aromatic nitrogens is 2. The number of alkyl halides is 2. The highest BCUT2D eigenvalue weighted by molar-refractivity contribution is 7.99. The van der Waals surface area contributed by atoms with E-state index in [-0.39, 0.29) is 18.5 Å². The lowest BCUT2D eigenvalue weighted by Gasteiger charge is -2.21. The number of rotatable bonds is 6. The minimum Gasteiger partial charge on any atom is -0.384 e. The molecule has 1 saturated carbocycles. The smallest absolute Gasteiger partial charge is 0.259 e. The van der Waals surface area contributed by atoms with E-state index in [1.807, 2.05) is 24.8 Å². The summed E-state index contributed by atoms with van der Waals surface area (Å²) >= 11 is 1.83. The molecule has 1 aromatic carbocycles.